The normalized spacial score (nSPS) is 9.71. The average Bonchev–Trinajstić information content (AvgIpc) is 2.68. The Morgan fingerprint density at radius 3 is 2.53 bits per heavy atom. The number of carbonyl (C=O) groups excluding carboxylic acids is 2. The number of carbonyl (C=O) groups is 2. The molecule has 17 heavy (non-hydrogen) atoms. The smallest absolute Gasteiger partial charge is 0.309 e. The molecule has 1 heterocycles. The first-order valence-electron chi connectivity index (χ1n) is 4.57. The zero-order valence-electron chi connectivity index (χ0n) is 8.66. The lowest BCUT2D eigenvalue weighted by molar-refractivity contribution is -0.139. The Morgan fingerprint density at radius 2 is 2.00 bits per heavy atom. The fraction of sp³-hybridized carbons (Fsp3) is 0.222. The molecule has 0 saturated carbocycles. The van der Waals surface area contributed by atoms with Crippen molar-refractivity contribution < 1.29 is 9.59 Å². The Morgan fingerprint density at radius 1 is 1.35 bits per heavy atom. The Labute approximate surface area is 116 Å². The summed E-state index contributed by atoms with van der Waals surface area (Å²) >= 11 is 9.37. The largest absolute Gasteiger partial charge is 0.392 e. The number of thiophene rings is 1. The van der Waals surface area contributed by atoms with E-state index in [-0.39, 0.29) is 11.5 Å². The average molecular weight is 336 g/mol. The third-order valence-corrected chi connectivity index (χ3v) is 3.45. The molecule has 0 fully saturated rings. The van der Waals surface area contributed by atoms with E-state index in [4.69, 9.17) is 5.73 Å². The monoisotopic (exact) mass is 335 g/mol. The number of thiocarbonyl (C=S) groups is 1. The van der Waals surface area contributed by atoms with Crippen molar-refractivity contribution in [3.63, 3.8) is 0 Å². The molecule has 0 aliphatic carbocycles. The third kappa shape index (κ3) is 5.24. The predicted octanol–water partition coefficient (Wildman–Crippen LogP) is 0.529. The minimum absolute atomic E-state index is 0.0200. The minimum atomic E-state index is -0.742. The van der Waals surface area contributed by atoms with Gasteiger partial charge in [-0.2, -0.15) is 0 Å². The van der Waals surface area contributed by atoms with Gasteiger partial charge in [0.05, 0.1) is 21.9 Å². The van der Waals surface area contributed by atoms with Crippen LogP contribution in [0.2, 0.25) is 0 Å². The summed E-state index contributed by atoms with van der Waals surface area (Å²) < 4.78 is 0.972. The lowest BCUT2D eigenvalue weighted by Crippen LogP contribution is -2.42. The summed E-state index contributed by atoms with van der Waals surface area (Å²) in [4.78, 5) is 23.6. The minimum Gasteiger partial charge on any atom is -0.392 e. The van der Waals surface area contributed by atoms with Crippen LogP contribution in [0.15, 0.2) is 15.9 Å². The highest BCUT2D eigenvalue weighted by molar-refractivity contribution is 9.11. The van der Waals surface area contributed by atoms with Crippen LogP contribution < -0.4 is 16.4 Å². The maximum atomic E-state index is 11.3. The molecule has 2 amide bonds. The van der Waals surface area contributed by atoms with Crippen LogP contribution in [0.25, 0.3) is 0 Å². The Balaban J connectivity index is 2.34. The highest BCUT2D eigenvalue weighted by atomic mass is 79.9. The van der Waals surface area contributed by atoms with Gasteiger partial charge >= 0.3 is 11.8 Å². The van der Waals surface area contributed by atoms with Crippen LogP contribution in [0, 0.1) is 0 Å². The van der Waals surface area contributed by atoms with Crippen molar-refractivity contribution in [1.82, 2.24) is 10.6 Å². The zero-order valence-corrected chi connectivity index (χ0v) is 11.9. The van der Waals surface area contributed by atoms with Gasteiger partial charge in [-0.25, -0.2) is 0 Å². The molecular weight excluding hydrogens is 326 g/mol. The SMILES string of the molecule is NC(=S)CNC(=O)C(=O)NCc1ccc(Br)s1. The molecule has 0 aromatic carbocycles. The Kier molecular flexibility index (Phi) is 5.52. The van der Waals surface area contributed by atoms with Crippen LogP contribution in [0.3, 0.4) is 0 Å². The molecule has 0 aliphatic heterocycles. The van der Waals surface area contributed by atoms with Gasteiger partial charge in [0.25, 0.3) is 0 Å². The second-order valence-corrected chi connectivity index (χ2v) is 6.11. The molecular formula is C9H10BrN3O2S2. The molecule has 0 unspecified atom stereocenters. The molecule has 4 N–H and O–H groups in total. The van der Waals surface area contributed by atoms with E-state index in [1.54, 1.807) is 0 Å². The van der Waals surface area contributed by atoms with E-state index < -0.39 is 11.8 Å². The van der Waals surface area contributed by atoms with E-state index in [2.05, 4.69) is 38.8 Å². The number of amides is 2. The number of halogens is 1. The first kappa shape index (κ1) is 14.1. The molecule has 1 aromatic rings. The van der Waals surface area contributed by atoms with Crippen LogP contribution >= 0.6 is 39.5 Å². The van der Waals surface area contributed by atoms with Crippen molar-refractivity contribution in [2.24, 2.45) is 5.73 Å². The Bertz CT molecular complexity index is 447. The summed E-state index contributed by atoms with van der Waals surface area (Å²) in [6.07, 6.45) is 0. The molecule has 0 atom stereocenters. The molecule has 5 nitrogen and oxygen atoms in total. The van der Waals surface area contributed by atoms with Gasteiger partial charge in [0.15, 0.2) is 0 Å². The lowest BCUT2D eigenvalue weighted by atomic mass is 10.4. The van der Waals surface area contributed by atoms with Gasteiger partial charge in [0.2, 0.25) is 0 Å². The standard InChI is InChI=1S/C9H10BrN3O2S2/c10-6-2-1-5(17-6)3-12-8(14)9(15)13-4-7(11)16/h1-2H,3-4H2,(H2,11,16)(H,12,14)(H,13,15). The van der Waals surface area contributed by atoms with Gasteiger partial charge in [-0.1, -0.05) is 12.2 Å². The summed E-state index contributed by atoms with van der Waals surface area (Å²) in [5.74, 6) is -1.45. The van der Waals surface area contributed by atoms with Gasteiger partial charge in [0.1, 0.15) is 0 Å². The predicted molar refractivity (Wildman–Crippen MR) is 73.7 cm³/mol. The van der Waals surface area contributed by atoms with Gasteiger partial charge < -0.3 is 16.4 Å². The van der Waals surface area contributed by atoms with Gasteiger partial charge in [-0.3, -0.25) is 9.59 Å². The van der Waals surface area contributed by atoms with E-state index in [1.165, 1.54) is 11.3 Å². The molecule has 0 spiro atoms. The van der Waals surface area contributed by atoms with Crippen molar-refractivity contribution in [2.75, 3.05) is 6.54 Å². The number of nitrogens with one attached hydrogen (secondary N) is 2. The van der Waals surface area contributed by atoms with Crippen molar-refractivity contribution in [1.29, 1.82) is 0 Å². The summed E-state index contributed by atoms with van der Waals surface area (Å²) in [5.41, 5.74) is 5.19. The van der Waals surface area contributed by atoms with Crippen LogP contribution in [0.5, 0.6) is 0 Å². The molecule has 0 aliphatic rings. The van der Waals surface area contributed by atoms with E-state index >= 15 is 0 Å². The molecule has 0 bridgehead atoms. The van der Waals surface area contributed by atoms with E-state index in [0.29, 0.717) is 6.54 Å². The quantitative estimate of drug-likeness (QED) is 0.553. The van der Waals surface area contributed by atoms with Crippen LogP contribution in [0.1, 0.15) is 4.88 Å². The molecule has 92 valence electrons. The van der Waals surface area contributed by atoms with Crippen molar-refractivity contribution in [3.8, 4) is 0 Å². The van der Waals surface area contributed by atoms with E-state index in [9.17, 15) is 9.59 Å². The topological polar surface area (TPSA) is 84.2 Å². The Hall–Kier alpha value is -0.990. The summed E-state index contributed by atoms with van der Waals surface area (Å²) in [7, 11) is 0. The summed E-state index contributed by atoms with van der Waals surface area (Å²) in [5, 5.41) is 4.79. The van der Waals surface area contributed by atoms with Crippen molar-refractivity contribution >= 4 is 56.3 Å². The van der Waals surface area contributed by atoms with Crippen molar-refractivity contribution in [3.05, 3.63) is 20.8 Å². The maximum Gasteiger partial charge on any atom is 0.309 e. The fourth-order valence-corrected chi connectivity index (χ4v) is 2.44. The van der Waals surface area contributed by atoms with Gasteiger partial charge in [0, 0.05) is 4.88 Å². The second-order valence-electron chi connectivity index (χ2n) is 3.04. The van der Waals surface area contributed by atoms with E-state index in [0.717, 1.165) is 8.66 Å². The maximum absolute atomic E-state index is 11.3. The first-order chi connectivity index (χ1) is 7.99. The van der Waals surface area contributed by atoms with E-state index in [1.807, 2.05) is 12.1 Å². The highest BCUT2D eigenvalue weighted by Gasteiger charge is 2.12. The number of rotatable bonds is 4. The zero-order chi connectivity index (χ0) is 12.8. The highest BCUT2D eigenvalue weighted by Crippen LogP contribution is 2.21. The van der Waals surface area contributed by atoms with Gasteiger partial charge in [-0.15, -0.1) is 11.3 Å². The molecule has 1 aromatic heterocycles. The van der Waals surface area contributed by atoms with Crippen molar-refractivity contribution in [2.45, 2.75) is 6.54 Å². The fourth-order valence-electron chi connectivity index (χ4n) is 0.942. The second kappa shape index (κ2) is 6.67. The summed E-state index contributed by atoms with van der Waals surface area (Å²) in [6, 6.07) is 3.74. The van der Waals surface area contributed by atoms with Crippen LogP contribution in [-0.2, 0) is 16.1 Å². The lowest BCUT2D eigenvalue weighted by Gasteiger charge is -2.04. The molecule has 0 saturated heterocycles. The van der Waals surface area contributed by atoms with Crippen LogP contribution in [0.4, 0.5) is 0 Å². The number of hydrogen-bond donors (Lipinski definition) is 3. The van der Waals surface area contributed by atoms with Crippen LogP contribution in [-0.4, -0.2) is 23.3 Å². The third-order valence-electron chi connectivity index (χ3n) is 1.68. The first-order valence-corrected chi connectivity index (χ1v) is 6.59. The number of hydrogen-bond acceptors (Lipinski definition) is 4. The molecule has 8 heteroatoms. The molecule has 1 rings (SSSR count). The van der Waals surface area contributed by atoms with Gasteiger partial charge in [-0.05, 0) is 28.1 Å². The summed E-state index contributed by atoms with van der Waals surface area (Å²) in [6.45, 7) is 0.335. The molecule has 0 radical (unpaired) electrons. The number of nitrogens with two attached hydrogens (primary N) is 1.